The Kier molecular flexibility index (Phi) is 1.25. The molecule has 0 saturated heterocycles. The van der Waals surface area contributed by atoms with E-state index in [0.717, 1.165) is 12.2 Å². The second kappa shape index (κ2) is 2.01. The number of furan rings is 1. The van der Waals surface area contributed by atoms with Crippen LogP contribution in [0.4, 0.5) is 0 Å². The second-order valence-corrected chi connectivity index (χ2v) is 3.02. The van der Waals surface area contributed by atoms with E-state index in [1.165, 1.54) is 0 Å². The highest BCUT2D eigenvalue weighted by Gasteiger charge is 2.37. The van der Waals surface area contributed by atoms with Gasteiger partial charge in [0.25, 0.3) is 0 Å². The van der Waals surface area contributed by atoms with E-state index in [-0.39, 0.29) is 0 Å². The molecule has 1 aliphatic carbocycles. The van der Waals surface area contributed by atoms with E-state index in [1.54, 1.807) is 6.07 Å². The fourth-order valence-electron chi connectivity index (χ4n) is 1.07. The third-order valence-electron chi connectivity index (χ3n) is 1.80. The van der Waals surface area contributed by atoms with Crippen molar-refractivity contribution < 1.29 is 4.42 Å². The molecule has 0 spiro atoms. The minimum Gasteiger partial charge on any atom is -0.449 e. The van der Waals surface area contributed by atoms with E-state index >= 15 is 0 Å². The zero-order valence-corrected chi connectivity index (χ0v) is 6.14. The number of nitrogens with two attached hydrogens (primary N) is 1. The highest BCUT2D eigenvalue weighted by Crippen LogP contribution is 2.40. The smallest absolute Gasteiger partial charge is 0.193 e. The molecule has 1 aliphatic rings. The zero-order chi connectivity index (χ0) is 7.14. The fourth-order valence-corrected chi connectivity index (χ4v) is 1.22. The summed E-state index contributed by atoms with van der Waals surface area (Å²) in [6.45, 7) is 0. The lowest BCUT2D eigenvalue weighted by molar-refractivity contribution is 0.511. The van der Waals surface area contributed by atoms with Crippen molar-refractivity contribution in [3.63, 3.8) is 0 Å². The summed E-state index contributed by atoms with van der Waals surface area (Å²) in [5.74, 6) is 1.35. The molecule has 1 fully saturated rings. The van der Waals surface area contributed by atoms with Crippen molar-refractivity contribution in [3.8, 4) is 0 Å². The van der Waals surface area contributed by atoms with Crippen LogP contribution < -0.4 is 5.73 Å². The topological polar surface area (TPSA) is 39.2 Å². The van der Waals surface area contributed by atoms with Gasteiger partial charge in [0.05, 0.1) is 0 Å². The van der Waals surface area contributed by atoms with Crippen molar-refractivity contribution in [2.75, 3.05) is 0 Å². The van der Waals surface area contributed by atoms with Crippen molar-refractivity contribution in [1.82, 2.24) is 0 Å². The number of halogens is 1. The SMILES string of the molecule is NC1CC1c1ccc(Cl)o1. The van der Waals surface area contributed by atoms with E-state index in [1.807, 2.05) is 6.07 Å². The van der Waals surface area contributed by atoms with E-state index in [0.29, 0.717) is 17.2 Å². The van der Waals surface area contributed by atoms with Crippen molar-refractivity contribution >= 4 is 11.6 Å². The summed E-state index contributed by atoms with van der Waals surface area (Å²) in [7, 11) is 0. The normalized spacial score (nSPS) is 30.6. The summed E-state index contributed by atoms with van der Waals surface area (Å²) < 4.78 is 5.16. The van der Waals surface area contributed by atoms with Gasteiger partial charge in [-0.1, -0.05) is 0 Å². The average Bonchev–Trinajstić information content (AvgIpc) is 2.42. The summed E-state index contributed by atoms with van der Waals surface area (Å²) in [6.07, 6.45) is 1.03. The van der Waals surface area contributed by atoms with Crippen LogP contribution >= 0.6 is 11.6 Å². The quantitative estimate of drug-likeness (QED) is 0.675. The molecular formula is C7H8ClNO. The highest BCUT2D eigenvalue weighted by molar-refractivity contribution is 6.28. The average molecular weight is 158 g/mol. The standard InChI is InChI=1S/C7H8ClNO/c8-7-2-1-6(10-7)4-3-5(4)9/h1-2,4-5H,3,9H2. The van der Waals surface area contributed by atoms with Crippen LogP contribution in [0.2, 0.25) is 5.22 Å². The molecule has 0 radical (unpaired) electrons. The van der Waals surface area contributed by atoms with E-state index in [4.69, 9.17) is 21.8 Å². The first-order valence-electron chi connectivity index (χ1n) is 3.28. The lowest BCUT2D eigenvalue weighted by atomic mass is 10.3. The molecular weight excluding hydrogens is 150 g/mol. The maximum Gasteiger partial charge on any atom is 0.193 e. The van der Waals surface area contributed by atoms with Crippen molar-refractivity contribution in [2.45, 2.75) is 18.4 Å². The van der Waals surface area contributed by atoms with Gasteiger partial charge in [-0.2, -0.15) is 0 Å². The van der Waals surface area contributed by atoms with Gasteiger partial charge in [0.15, 0.2) is 5.22 Å². The Morgan fingerprint density at radius 1 is 1.60 bits per heavy atom. The largest absolute Gasteiger partial charge is 0.449 e. The van der Waals surface area contributed by atoms with E-state index < -0.39 is 0 Å². The first-order valence-corrected chi connectivity index (χ1v) is 3.66. The Hall–Kier alpha value is -0.470. The molecule has 2 atom stereocenters. The molecule has 2 nitrogen and oxygen atoms in total. The molecule has 1 saturated carbocycles. The highest BCUT2D eigenvalue weighted by atomic mass is 35.5. The molecule has 2 unspecified atom stereocenters. The van der Waals surface area contributed by atoms with Crippen molar-refractivity contribution in [1.29, 1.82) is 0 Å². The molecule has 54 valence electrons. The van der Waals surface area contributed by atoms with Gasteiger partial charge in [-0.25, -0.2) is 0 Å². The van der Waals surface area contributed by atoms with Crippen molar-refractivity contribution in [2.24, 2.45) is 5.73 Å². The van der Waals surface area contributed by atoms with Crippen LogP contribution in [-0.2, 0) is 0 Å². The molecule has 1 heterocycles. The summed E-state index contributed by atoms with van der Waals surface area (Å²) in [6, 6.07) is 3.93. The predicted molar refractivity (Wildman–Crippen MR) is 39.1 cm³/mol. The van der Waals surface area contributed by atoms with Crippen LogP contribution in [0.25, 0.3) is 0 Å². The summed E-state index contributed by atoms with van der Waals surface area (Å²) in [5, 5.41) is 0.453. The number of rotatable bonds is 1. The van der Waals surface area contributed by atoms with Gasteiger partial charge in [-0.3, -0.25) is 0 Å². The molecule has 0 aromatic carbocycles. The second-order valence-electron chi connectivity index (χ2n) is 2.65. The summed E-state index contributed by atoms with van der Waals surface area (Å²) in [4.78, 5) is 0. The van der Waals surface area contributed by atoms with Crippen molar-refractivity contribution in [3.05, 3.63) is 23.1 Å². The maximum atomic E-state index is 5.60. The molecule has 1 aromatic rings. The van der Waals surface area contributed by atoms with Crippen LogP contribution in [0.3, 0.4) is 0 Å². The Balaban J connectivity index is 2.20. The molecule has 0 bridgehead atoms. The van der Waals surface area contributed by atoms with Gasteiger partial charge in [-0.15, -0.1) is 0 Å². The van der Waals surface area contributed by atoms with Gasteiger partial charge in [-0.05, 0) is 30.2 Å². The first kappa shape index (κ1) is 6.25. The van der Waals surface area contributed by atoms with Gasteiger partial charge in [0, 0.05) is 12.0 Å². The third-order valence-corrected chi connectivity index (χ3v) is 2.00. The summed E-state index contributed by atoms with van der Waals surface area (Å²) in [5.41, 5.74) is 5.60. The van der Waals surface area contributed by atoms with Crippen LogP contribution in [-0.4, -0.2) is 6.04 Å². The van der Waals surface area contributed by atoms with Crippen LogP contribution in [0.15, 0.2) is 16.5 Å². The lowest BCUT2D eigenvalue weighted by Gasteiger charge is -1.87. The zero-order valence-electron chi connectivity index (χ0n) is 5.38. The van der Waals surface area contributed by atoms with Gasteiger partial charge < -0.3 is 10.2 Å². The van der Waals surface area contributed by atoms with E-state index in [9.17, 15) is 0 Å². The monoisotopic (exact) mass is 157 g/mol. The van der Waals surface area contributed by atoms with Crippen LogP contribution in [0.5, 0.6) is 0 Å². The fraction of sp³-hybridized carbons (Fsp3) is 0.429. The molecule has 2 N–H and O–H groups in total. The number of hydrogen-bond acceptors (Lipinski definition) is 2. The Morgan fingerprint density at radius 3 is 2.70 bits per heavy atom. The lowest BCUT2D eigenvalue weighted by Crippen LogP contribution is -1.99. The molecule has 10 heavy (non-hydrogen) atoms. The Labute approximate surface area is 64.0 Å². The van der Waals surface area contributed by atoms with E-state index in [2.05, 4.69) is 0 Å². The maximum absolute atomic E-state index is 5.60. The van der Waals surface area contributed by atoms with Gasteiger partial charge in [0.2, 0.25) is 0 Å². The third kappa shape index (κ3) is 0.935. The molecule has 0 amide bonds. The predicted octanol–water partition coefficient (Wildman–Crippen LogP) is 1.75. The molecule has 2 rings (SSSR count). The van der Waals surface area contributed by atoms with Crippen LogP contribution in [0, 0.1) is 0 Å². The van der Waals surface area contributed by atoms with Gasteiger partial charge in [0.1, 0.15) is 5.76 Å². The van der Waals surface area contributed by atoms with Crippen LogP contribution in [0.1, 0.15) is 18.1 Å². The molecule has 3 heteroatoms. The first-order chi connectivity index (χ1) is 4.77. The summed E-state index contributed by atoms with van der Waals surface area (Å²) >= 11 is 5.57. The molecule has 0 aliphatic heterocycles. The molecule has 1 aromatic heterocycles. The Morgan fingerprint density at radius 2 is 2.30 bits per heavy atom. The Bertz CT molecular complexity index is 246. The minimum atomic E-state index is 0.294. The number of hydrogen-bond donors (Lipinski definition) is 1. The minimum absolute atomic E-state index is 0.294. The van der Waals surface area contributed by atoms with Gasteiger partial charge >= 0.3 is 0 Å².